The first kappa shape index (κ1) is 13.7. The highest BCUT2D eigenvalue weighted by molar-refractivity contribution is 5.94. The molecule has 0 radical (unpaired) electrons. The Bertz CT molecular complexity index is 296. The van der Waals surface area contributed by atoms with E-state index in [1.165, 1.54) is 19.8 Å². The highest BCUT2D eigenvalue weighted by Crippen LogP contribution is 2.18. The van der Waals surface area contributed by atoms with Crippen molar-refractivity contribution in [2.45, 2.75) is 19.3 Å². The standard InChI is InChI=1S/C12H19NO4/c1-16-11(14)10(12(15)17-2)4-3-9-5-7-13-8-6-9/h5,10,13H,3-4,6-8H2,1-2H3. The Balaban J connectivity index is 2.51. The topological polar surface area (TPSA) is 64.6 Å². The third-order valence-electron chi connectivity index (χ3n) is 2.88. The summed E-state index contributed by atoms with van der Waals surface area (Å²) in [5.74, 6) is -1.85. The van der Waals surface area contributed by atoms with Gasteiger partial charge >= 0.3 is 11.9 Å². The molecule has 0 atom stereocenters. The van der Waals surface area contributed by atoms with E-state index in [-0.39, 0.29) is 0 Å². The predicted octanol–water partition coefficient (Wildman–Crippen LogP) is 0.648. The summed E-state index contributed by atoms with van der Waals surface area (Å²) in [4.78, 5) is 22.9. The van der Waals surface area contributed by atoms with Crippen molar-refractivity contribution in [1.29, 1.82) is 0 Å². The fourth-order valence-corrected chi connectivity index (χ4v) is 1.84. The molecule has 5 nitrogen and oxygen atoms in total. The van der Waals surface area contributed by atoms with Crippen LogP contribution < -0.4 is 5.32 Å². The van der Waals surface area contributed by atoms with Crippen molar-refractivity contribution in [2.24, 2.45) is 5.92 Å². The van der Waals surface area contributed by atoms with E-state index >= 15 is 0 Å². The van der Waals surface area contributed by atoms with Gasteiger partial charge in [-0.2, -0.15) is 0 Å². The van der Waals surface area contributed by atoms with Crippen molar-refractivity contribution in [1.82, 2.24) is 5.32 Å². The lowest BCUT2D eigenvalue weighted by Crippen LogP contribution is -2.27. The number of methoxy groups -OCH3 is 2. The molecular weight excluding hydrogens is 222 g/mol. The Labute approximate surface area is 101 Å². The predicted molar refractivity (Wildman–Crippen MR) is 62.3 cm³/mol. The Morgan fingerprint density at radius 1 is 1.35 bits per heavy atom. The van der Waals surface area contributed by atoms with Crippen LogP contribution in [-0.4, -0.2) is 39.2 Å². The number of carbonyl (C=O) groups excluding carboxylic acids is 2. The molecule has 1 heterocycles. The highest BCUT2D eigenvalue weighted by atomic mass is 16.5. The second kappa shape index (κ2) is 7.06. The Kier molecular flexibility index (Phi) is 5.69. The maximum Gasteiger partial charge on any atom is 0.320 e. The van der Waals surface area contributed by atoms with Gasteiger partial charge in [0.1, 0.15) is 0 Å². The van der Waals surface area contributed by atoms with E-state index < -0.39 is 17.9 Å². The lowest BCUT2D eigenvalue weighted by molar-refractivity contribution is -0.159. The molecule has 1 rings (SSSR count). The van der Waals surface area contributed by atoms with Gasteiger partial charge in [-0.05, 0) is 25.8 Å². The van der Waals surface area contributed by atoms with E-state index in [1.807, 2.05) is 0 Å². The number of carbonyl (C=O) groups is 2. The molecule has 0 aromatic carbocycles. The van der Waals surface area contributed by atoms with Crippen LogP contribution in [0.3, 0.4) is 0 Å². The van der Waals surface area contributed by atoms with Gasteiger partial charge in [0.15, 0.2) is 5.92 Å². The van der Waals surface area contributed by atoms with E-state index in [1.54, 1.807) is 0 Å². The maximum absolute atomic E-state index is 11.4. The molecule has 0 unspecified atom stereocenters. The number of esters is 2. The van der Waals surface area contributed by atoms with Crippen LogP contribution in [0.4, 0.5) is 0 Å². The molecule has 96 valence electrons. The van der Waals surface area contributed by atoms with Gasteiger partial charge in [-0.25, -0.2) is 0 Å². The van der Waals surface area contributed by atoms with Gasteiger partial charge in [0.25, 0.3) is 0 Å². The molecule has 0 amide bonds. The van der Waals surface area contributed by atoms with Crippen molar-refractivity contribution in [3.63, 3.8) is 0 Å². The Hall–Kier alpha value is -1.36. The summed E-state index contributed by atoms with van der Waals surface area (Å²) in [7, 11) is 2.56. The highest BCUT2D eigenvalue weighted by Gasteiger charge is 2.28. The minimum atomic E-state index is -0.805. The van der Waals surface area contributed by atoms with Crippen molar-refractivity contribution in [3.05, 3.63) is 11.6 Å². The van der Waals surface area contributed by atoms with Crippen molar-refractivity contribution in [3.8, 4) is 0 Å². The first-order chi connectivity index (χ1) is 8.19. The molecule has 0 aromatic rings. The van der Waals surface area contributed by atoms with Crippen molar-refractivity contribution in [2.75, 3.05) is 27.3 Å². The molecule has 0 aliphatic carbocycles. The van der Waals surface area contributed by atoms with E-state index in [2.05, 4.69) is 20.9 Å². The summed E-state index contributed by atoms with van der Waals surface area (Å²) in [6, 6.07) is 0. The second-order valence-corrected chi connectivity index (χ2v) is 3.95. The van der Waals surface area contributed by atoms with E-state index in [0.29, 0.717) is 6.42 Å². The fourth-order valence-electron chi connectivity index (χ4n) is 1.84. The monoisotopic (exact) mass is 241 g/mol. The van der Waals surface area contributed by atoms with Crippen molar-refractivity contribution < 1.29 is 19.1 Å². The smallest absolute Gasteiger partial charge is 0.320 e. The number of rotatable bonds is 5. The Morgan fingerprint density at radius 3 is 2.47 bits per heavy atom. The molecule has 0 spiro atoms. The molecule has 0 saturated carbocycles. The molecule has 0 bridgehead atoms. The normalized spacial score (nSPS) is 15.4. The molecule has 0 fully saturated rings. The first-order valence-electron chi connectivity index (χ1n) is 5.73. The molecular formula is C12H19NO4. The van der Waals surface area contributed by atoms with Gasteiger partial charge in [0.2, 0.25) is 0 Å². The molecule has 0 aromatic heterocycles. The summed E-state index contributed by atoms with van der Waals surface area (Å²) >= 11 is 0. The van der Waals surface area contributed by atoms with Crippen LogP contribution in [0, 0.1) is 5.92 Å². The van der Waals surface area contributed by atoms with Crippen LogP contribution in [0.15, 0.2) is 11.6 Å². The van der Waals surface area contributed by atoms with E-state index in [9.17, 15) is 9.59 Å². The molecule has 0 saturated heterocycles. The number of hydrogen-bond donors (Lipinski definition) is 1. The minimum absolute atomic E-state index is 0.450. The van der Waals surface area contributed by atoms with Gasteiger partial charge in [-0.1, -0.05) is 11.6 Å². The van der Waals surface area contributed by atoms with Crippen LogP contribution in [0.25, 0.3) is 0 Å². The van der Waals surface area contributed by atoms with Crippen LogP contribution in [0.2, 0.25) is 0 Å². The van der Waals surface area contributed by atoms with Crippen LogP contribution >= 0.6 is 0 Å². The summed E-state index contributed by atoms with van der Waals surface area (Å²) in [6.45, 7) is 1.81. The van der Waals surface area contributed by atoms with Crippen LogP contribution in [0.1, 0.15) is 19.3 Å². The number of ether oxygens (including phenoxy) is 2. The van der Waals surface area contributed by atoms with Gasteiger partial charge in [-0.15, -0.1) is 0 Å². The average molecular weight is 241 g/mol. The lowest BCUT2D eigenvalue weighted by Gasteiger charge is -2.16. The van der Waals surface area contributed by atoms with Gasteiger partial charge in [0, 0.05) is 6.54 Å². The zero-order valence-corrected chi connectivity index (χ0v) is 10.3. The van der Waals surface area contributed by atoms with Gasteiger partial charge in [-0.3, -0.25) is 9.59 Å². The lowest BCUT2D eigenvalue weighted by atomic mass is 9.96. The third kappa shape index (κ3) is 4.19. The molecule has 17 heavy (non-hydrogen) atoms. The molecule has 1 aliphatic heterocycles. The Morgan fingerprint density at radius 2 is 2.00 bits per heavy atom. The fraction of sp³-hybridized carbons (Fsp3) is 0.667. The first-order valence-corrected chi connectivity index (χ1v) is 5.73. The largest absolute Gasteiger partial charge is 0.468 e. The summed E-state index contributed by atoms with van der Waals surface area (Å²) < 4.78 is 9.21. The average Bonchev–Trinajstić information content (AvgIpc) is 2.39. The van der Waals surface area contributed by atoms with Crippen LogP contribution in [-0.2, 0) is 19.1 Å². The number of nitrogens with one attached hydrogen (secondary N) is 1. The SMILES string of the molecule is COC(=O)C(CCC1=CCNCC1)C(=O)OC. The maximum atomic E-state index is 11.4. The van der Waals surface area contributed by atoms with Gasteiger partial charge in [0.05, 0.1) is 14.2 Å². The zero-order valence-electron chi connectivity index (χ0n) is 10.3. The summed E-state index contributed by atoms with van der Waals surface area (Å²) in [5.41, 5.74) is 1.28. The molecule has 1 aliphatic rings. The number of hydrogen-bond acceptors (Lipinski definition) is 5. The summed E-state index contributed by atoms with van der Waals surface area (Å²) in [6.07, 6.45) is 4.26. The zero-order chi connectivity index (χ0) is 12.7. The van der Waals surface area contributed by atoms with Crippen LogP contribution in [0.5, 0.6) is 0 Å². The minimum Gasteiger partial charge on any atom is -0.468 e. The van der Waals surface area contributed by atoms with Gasteiger partial charge < -0.3 is 14.8 Å². The van der Waals surface area contributed by atoms with E-state index in [4.69, 9.17) is 0 Å². The quantitative estimate of drug-likeness (QED) is 0.435. The van der Waals surface area contributed by atoms with E-state index in [0.717, 1.165) is 25.9 Å². The summed E-state index contributed by atoms with van der Waals surface area (Å²) in [5, 5.41) is 3.21. The molecule has 1 N–H and O–H groups in total. The molecule has 5 heteroatoms. The second-order valence-electron chi connectivity index (χ2n) is 3.95. The third-order valence-corrected chi connectivity index (χ3v) is 2.88. The van der Waals surface area contributed by atoms with Crippen molar-refractivity contribution >= 4 is 11.9 Å².